The maximum absolute atomic E-state index is 6.13. The number of hydrogen-bond donors (Lipinski definition) is 0. The summed E-state index contributed by atoms with van der Waals surface area (Å²) in [5.74, 6) is 0. The third-order valence-corrected chi connectivity index (χ3v) is 3.50. The van der Waals surface area contributed by atoms with Crippen molar-refractivity contribution in [3.8, 4) is 0 Å². The van der Waals surface area contributed by atoms with Gasteiger partial charge in [0, 0.05) is 13.4 Å². The number of benzene rings is 2. The quantitative estimate of drug-likeness (QED) is 0.584. The molecule has 0 N–H and O–H groups in total. The second-order valence-electron chi connectivity index (χ2n) is 2.73. The van der Waals surface area contributed by atoms with Crippen LogP contribution >= 0.6 is 50.1 Å². The summed E-state index contributed by atoms with van der Waals surface area (Å²) in [6.07, 6.45) is 0. The van der Waals surface area contributed by atoms with Gasteiger partial charge in [0.25, 0.3) is 0 Å². The van der Waals surface area contributed by atoms with Crippen molar-refractivity contribution in [1.29, 1.82) is 0 Å². The van der Waals surface area contributed by atoms with E-state index in [1.54, 1.807) is 0 Å². The Labute approximate surface area is 104 Å². The minimum absolute atomic E-state index is 0.800. The van der Waals surface area contributed by atoms with Gasteiger partial charge >= 0.3 is 0 Å². The lowest BCUT2D eigenvalue weighted by atomic mass is 10.1. The first-order chi connectivity index (χ1) is 6.18. The number of fused-ring (bicyclic) bond motifs is 1. The van der Waals surface area contributed by atoms with Gasteiger partial charge in [-0.1, -0.05) is 39.7 Å². The monoisotopic (exact) mass is 366 g/mol. The molecule has 0 aliphatic carbocycles. The molecule has 2 aromatic rings. The largest absolute Gasteiger partial charge is 0.0836 e. The molecule has 13 heavy (non-hydrogen) atoms. The van der Waals surface area contributed by atoms with E-state index in [-0.39, 0.29) is 0 Å². The summed E-state index contributed by atoms with van der Waals surface area (Å²) in [6, 6.07) is 10.2. The van der Waals surface area contributed by atoms with Crippen LogP contribution in [0.15, 0.2) is 34.8 Å². The first-order valence-electron chi connectivity index (χ1n) is 3.72. The van der Waals surface area contributed by atoms with E-state index < -0.39 is 0 Å². The molecule has 0 unspecified atom stereocenters. The summed E-state index contributed by atoms with van der Waals surface area (Å²) in [4.78, 5) is 0. The molecule has 3 heteroatoms. The van der Waals surface area contributed by atoms with Crippen molar-refractivity contribution < 1.29 is 0 Å². The molecule has 0 bridgehead atoms. The van der Waals surface area contributed by atoms with Crippen LogP contribution in [0.2, 0.25) is 5.02 Å². The molecule has 0 radical (unpaired) electrons. The first-order valence-corrected chi connectivity index (χ1v) is 5.97. The fraction of sp³-hybridized carbons (Fsp3) is 0. The summed E-state index contributed by atoms with van der Waals surface area (Å²) in [7, 11) is 0. The van der Waals surface area contributed by atoms with Gasteiger partial charge in [0.15, 0.2) is 0 Å². The molecular formula is C10H5BrClI. The van der Waals surface area contributed by atoms with Crippen LogP contribution in [0.5, 0.6) is 0 Å². The summed E-state index contributed by atoms with van der Waals surface area (Å²) in [6.45, 7) is 0. The van der Waals surface area contributed by atoms with Crippen molar-refractivity contribution in [2.45, 2.75) is 0 Å². The van der Waals surface area contributed by atoms with E-state index in [0.29, 0.717) is 0 Å². The molecule has 0 spiro atoms. The van der Waals surface area contributed by atoms with Crippen molar-refractivity contribution in [2.75, 3.05) is 0 Å². The van der Waals surface area contributed by atoms with E-state index >= 15 is 0 Å². The Hall–Kier alpha value is 0.200. The lowest BCUT2D eigenvalue weighted by Crippen LogP contribution is -1.79. The Morgan fingerprint density at radius 3 is 2.77 bits per heavy atom. The molecule has 0 aliphatic rings. The maximum Gasteiger partial charge on any atom is 0.0506 e. The van der Waals surface area contributed by atoms with Gasteiger partial charge in [-0.25, -0.2) is 0 Å². The summed E-state index contributed by atoms with van der Waals surface area (Å²) in [5, 5.41) is 3.11. The molecule has 0 saturated heterocycles. The Morgan fingerprint density at radius 1 is 1.23 bits per heavy atom. The van der Waals surface area contributed by atoms with E-state index in [0.717, 1.165) is 14.9 Å². The Kier molecular flexibility index (Phi) is 2.81. The zero-order valence-corrected chi connectivity index (χ0v) is 11.0. The summed E-state index contributed by atoms with van der Waals surface area (Å²) in [5.41, 5.74) is 0. The standard InChI is InChI=1S/C10H5BrClI/c11-7-4-6-2-1-3-9(13)10(6)8(12)5-7/h1-5H. The third kappa shape index (κ3) is 1.85. The molecule has 0 heterocycles. The van der Waals surface area contributed by atoms with Crippen LogP contribution in [0, 0.1) is 3.57 Å². The van der Waals surface area contributed by atoms with Gasteiger partial charge in [0.1, 0.15) is 0 Å². The van der Waals surface area contributed by atoms with E-state index in [2.05, 4.69) is 56.7 Å². The highest BCUT2D eigenvalue weighted by Gasteiger charge is 2.03. The van der Waals surface area contributed by atoms with Gasteiger partial charge in [-0.15, -0.1) is 0 Å². The molecule has 0 saturated carbocycles. The predicted octanol–water partition coefficient (Wildman–Crippen LogP) is 4.86. The molecule has 2 rings (SSSR count). The van der Waals surface area contributed by atoms with E-state index in [1.807, 2.05) is 12.1 Å². The van der Waals surface area contributed by atoms with Gasteiger partial charge in [0.05, 0.1) is 5.02 Å². The maximum atomic E-state index is 6.13. The predicted molar refractivity (Wildman–Crippen MR) is 69.4 cm³/mol. The van der Waals surface area contributed by atoms with E-state index in [9.17, 15) is 0 Å². The van der Waals surface area contributed by atoms with E-state index in [4.69, 9.17) is 11.6 Å². The normalized spacial score (nSPS) is 10.7. The van der Waals surface area contributed by atoms with Crippen LogP contribution in [-0.4, -0.2) is 0 Å². The van der Waals surface area contributed by atoms with Gasteiger partial charge in [0.2, 0.25) is 0 Å². The second-order valence-corrected chi connectivity index (χ2v) is 5.21. The SMILES string of the molecule is Clc1cc(Br)cc2cccc(I)c12. The summed E-state index contributed by atoms with van der Waals surface area (Å²) >= 11 is 11.8. The Balaban J connectivity index is 2.94. The highest BCUT2D eigenvalue weighted by atomic mass is 127. The van der Waals surface area contributed by atoms with Crippen molar-refractivity contribution in [1.82, 2.24) is 0 Å². The Morgan fingerprint density at radius 2 is 2.00 bits per heavy atom. The topological polar surface area (TPSA) is 0 Å². The van der Waals surface area contributed by atoms with Crippen LogP contribution in [0.1, 0.15) is 0 Å². The zero-order valence-electron chi connectivity index (χ0n) is 6.52. The lowest BCUT2D eigenvalue weighted by Gasteiger charge is -2.03. The van der Waals surface area contributed by atoms with Gasteiger partial charge in [-0.3, -0.25) is 0 Å². The average Bonchev–Trinajstić information content (AvgIpc) is 2.02. The van der Waals surface area contributed by atoms with Crippen molar-refractivity contribution in [2.24, 2.45) is 0 Å². The number of halogens is 3. The molecule has 0 aromatic heterocycles. The van der Waals surface area contributed by atoms with Crippen molar-refractivity contribution >= 4 is 60.9 Å². The fourth-order valence-corrected chi connectivity index (χ4v) is 3.20. The van der Waals surface area contributed by atoms with Crippen LogP contribution in [0.4, 0.5) is 0 Å². The molecule has 0 aliphatic heterocycles. The molecule has 0 atom stereocenters. The minimum atomic E-state index is 0.800. The van der Waals surface area contributed by atoms with Crippen molar-refractivity contribution in [3.63, 3.8) is 0 Å². The fourth-order valence-electron chi connectivity index (χ4n) is 1.30. The van der Waals surface area contributed by atoms with Crippen LogP contribution < -0.4 is 0 Å². The van der Waals surface area contributed by atoms with Crippen LogP contribution in [-0.2, 0) is 0 Å². The van der Waals surface area contributed by atoms with Crippen LogP contribution in [0.25, 0.3) is 10.8 Å². The van der Waals surface area contributed by atoms with Crippen LogP contribution in [0.3, 0.4) is 0 Å². The van der Waals surface area contributed by atoms with E-state index in [1.165, 1.54) is 8.96 Å². The third-order valence-electron chi connectivity index (χ3n) is 1.84. The molecular weight excluding hydrogens is 362 g/mol. The summed E-state index contributed by atoms with van der Waals surface area (Å²) < 4.78 is 2.21. The molecule has 66 valence electrons. The molecule has 2 aromatic carbocycles. The average molecular weight is 367 g/mol. The first kappa shape index (κ1) is 9.74. The van der Waals surface area contributed by atoms with Gasteiger partial charge in [-0.2, -0.15) is 0 Å². The molecule has 0 fully saturated rings. The highest BCUT2D eigenvalue weighted by molar-refractivity contribution is 14.1. The molecule has 0 nitrogen and oxygen atoms in total. The Bertz CT molecular complexity index is 468. The molecule has 0 amide bonds. The second kappa shape index (κ2) is 3.75. The zero-order chi connectivity index (χ0) is 9.42. The van der Waals surface area contributed by atoms with Gasteiger partial charge in [-0.05, 0) is 46.2 Å². The smallest absolute Gasteiger partial charge is 0.0506 e. The number of rotatable bonds is 0. The lowest BCUT2D eigenvalue weighted by molar-refractivity contribution is 1.67. The minimum Gasteiger partial charge on any atom is -0.0836 e. The van der Waals surface area contributed by atoms with Crippen molar-refractivity contribution in [3.05, 3.63) is 43.4 Å². The number of hydrogen-bond acceptors (Lipinski definition) is 0. The highest BCUT2D eigenvalue weighted by Crippen LogP contribution is 2.31. The van der Waals surface area contributed by atoms with Gasteiger partial charge < -0.3 is 0 Å².